The van der Waals surface area contributed by atoms with E-state index in [0.29, 0.717) is 6.54 Å². The molecular weight excluding hydrogens is 262 g/mol. The summed E-state index contributed by atoms with van der Waals surface area (Å²) in [5, 5.41) is 0.737. The van der Waals surface area contributed by atoms with Crippen molar-refractivity contribution in [2.45, 2.75) is 30.2 Å². The van der Waals surface area contributed by atoms with Crippen LogP contribution >= 0.6 is 23.4 Å². The lowest BCUT2D eigenvalue weighted by atomic mass is 10.2. The third-order valence-corrected chi connectivity index (χ3v) is 4.32. The number of benzene rings is 2. The molecule has 1 nitrogen and oxygen atoms in total. The molecule has 2 rings (SSSR count). The molecule has 0 aromatic heterocycles. The molecule has 2 aromatic carbocycles. The maximum absolute atomic E-state index is 5.99. The number of halogens is 1. The van der Waals surface area contributed by atoms with Crippen LogP contribution in [0.3, 0.4) is 0 Å². The molecule has 2 N–H and O–H groups in total. The lowest BCUT2D eigenvalue weighted by Crippen LogP contribution is -1.98. The molecule has 0 saturated carbocycles. The summed E-state index contributed by atoms with van der Waals surface area (Å²) >= 11 is 7.74. The van der Waals surface area contributed by atoms with Gasteiger partial charge in [0.2, 0.25) is 0 Å². The zero-order valence-corrected chi connectivity index (χ0v) is 12.1. The summed E-state index contributed by atoms with van der Waals surface area (Å²) < 4.78 is 0. The van der Waals surface area contributed by atoms with Crippen molar-refractivity contribution in [3.8, 4) is 0 Å². The molecule has 2 aromatic rings. The minimum absolute atomic E-state index is 0.508. The van der Waals surface area contributed by atoms with Gasteiger partial charge in [-0.15, -0.1) is 0 Å². The van der Waals surface area contributed by atoms with Crippen LogP contribution in [0.1, 0.15) is 16.7 Å². The summed E-state index contributed by atoms with van der Waals surface area (Å²) in [6, 6.07) is 12.4. The molecule has 0 amide bonds. The highest BCUT2D eigenvalue weighted by Gasteiger charge is 2.06. The lowest BCUT2D eigenvalue weighted by Gasteiger charge is -2.10. The summed E-state index contributed by atoms with van der Waals surface area (Å²) in [5.41, 5.74) is 9.41. The Labute approximate surface area is 117 Å². The van der Waals surface area contributed by atoms with Crippen LogP contribution in [0.2, 0.25) is 5.02 Å². The Kier molecular flexibility index (Phi) is 4.33. The van der Waals surface area contributed by atoms with Gasteiger partial charge in [-0.2, -0.15) is 0 Å². The van der Waals surface area contributed by atoms with Gasteiger partial charge in [0.25, 0.3) is 0 Å². The molecule has 3 heteroatoms. The molecule has 0 aliphatic rings. The molecule has 94 valence electrons. The van der Waals surface area contributed by atoms with E-state index in [-0.39, 0.29) is 0 Å². The highest BCUT2D eigenvalue weighted by atomic mass is 35.5. The van der Waals surface area contributed by atoms with Crippen molar-refractivity contribution in [1.82, 2.24) is 0 Å². The molecule has 0 aliphatic heterocycles. The minimum Gasteiger partial charge on any atom is -0.326 e. The Morgan fingerprint density at radius 3 is 2.56 bits per heavy atom. The molecule has 0 spiro atoms. The van der Waals surface area contributed by atoms with E-state index in [4.69, 9.17) is 17.3 Å². The smallest absolute Gasteiger partial charge is 0.0410 e. The van der Waals surface area contributed by atoms with E-state index in [0.717, 1.165) is 10.6 Å². The fraction of sp³-hybridized carbons (Fsp3) is 0.200. The second kappa shape index (κ2) is 5.79. The third-order valence-electron chi connectivity index (χ3n) is 2.81. The van der Waals surface area contributed by atoms with Gasteiger partial charge < -0.3 is 5.73 Å². The van der Waals surface area contributed by atoms with Gasteiger partial charge >= 0.3 is 0 Å². The van der Waals surface area contributed by atoms with E-state index in [1.54, 1.807) is 11.8 Å². The first-order valence-electron chi connectivity index (χ1n) is 5.84. The van der Waals surface area contributed by atoms with Crippen LogP contribution in [-0.4, -0.2) is 0 Å². The van der Waals surface area contributed by atoms with Gasteiger partial charge in [-0.3, -0.25) is 0 Å². The molecule has 0 fully saturated rings. The van der Waals surface area contributed by atoms with Crippen molar-refractivity contribution in [1.29, 1.82) is 0 Å². The molecule has 0 atom stereocenters. The fourth-order valence-electron chi connectivity index (χ4n) is 1.74. The summed E-state index contributed by atoms with van der Waals surface area (Å²) in [4.78, 5) is 2.45. The summed E-state index contributed by atoms with van der Waals surface area (Å²) in [5.74, 6) is 0. The second-order valence-corrected chi connectivity index (χ2v) is 5.85. The minimum atomic E-state index is 0.508. The van der Waals surface area contributed by atoms with Gasteiger partial charge in [-0.05, 0) is 54.8 Å². The largest absolute Gasteiger partial charge is 0.326 e. The first-order chi connectivity index (χ1) is 8.60. The number of aryl methyl sites for hydroxylation is 2. The Morgan fingerprint density at radius 1 is 1.06 bits per heavy atom. The Hall–Kier alpha value is -0.960. The van der Waals surface area contributed by atoms with Gasteiger partial charge in [0.15, 0.2) is 0 Å². The zero-order valence-electron chi connectivity index (χ0n) is 10.5. The average molecular weight is 278 g/mol. The van der Waals surface area contributed by atoms with Crippen molar-refractivity contribution in [2.24, 2.45) is 5.73 Å². The Bertz CT molecular complexity index is 566. The van der Waals surface area contributed by atoms with Crippen LogP contribution < -0.4 is 5.73 Å². The van der Waals surface area contributed by atoms with Crippen LogP contribution in [0.4, 0.5) is 0 Å². The van der Waals surface area contributed by atoms with Crippen LogP contribution in [0.15, 0.2) is 46.2 Å². The molecule has 0 bridgehead atoms. The average Bonchev–Trinajstić information content (AvgIpc) is 2.36. The predicted octanol–water partition coefficient (Wildman–Crippen LogP) is 4.57. The summed E-state index contributed by atoms with van der Waals surface area (Å²) in [7, 11) is 0. The first-order valence-corrected chi connectivity index (χ1v) is 7.03. The van der Waals surface area contributed by atoms with Gasteiger partial charge in [0.05, 0.1) is 0 Å². The van der Waals surface area contributed by atoms with E-state index in [9.17, 15) is 0 Å². The molecule has 18 heavy (non-hydrogen) atoms. The molecule has 0 heterocycles. The van der Waals surface area contributed by atoms with E-state index in [1.807, 2.05) is 18.2 Å². The highest BCUT2D eigenvalue weighted by molar-refractivity contribution is 7.99. The maximum atomic E-state index is 5.99. The van der Waals surface area contributed by atoms with E-state index in [1.165, 1.54) is 20.9 Å². The van der Waals surface area contributed by atoms with Gasteiger partial charge in [-0.1, -0.05) is 35.5 Å². The van der Waals surface area contributed by atoms with Crippen molar-refractivity contribution in [2.75, 3.05) is 0 Å². The predicted molar refractivity (Wildman–Crippen MR) is 79.4 cm³/mol. The van der Waals surface area contributed by atoms with E-state index < -0.39 is 0 Å². The maximum Gasteiger partial charge on any atom is 0.0410 e. The van der Waals surface area contributed by atoms with Crippen molar-refractivity contribution in [3.05, 3.63) is 58.1 Å². The Balaban J connectivity index is 2.36. The van der Waals surface area contributed by atoms with E-state index in [2.05, 4.69) is 32.0 Å². The van der Waals surface area contributed by atoms with Crippen molar-refractivity contribution < 1.29 is 0 Å². The molecule has 0 aliphatic carbocycles. The monoisotopic (exact) mass is 277 g/mol. The number of hydrogen-bond acceptors (Lipinski definition) is 2. The molecule has 0 unspecified atom stereocenters. The van der Waals surface area contributed by atoms with Crippen LogP contribution in [0.25, 0.3) is 0 Å². The van der Waals surface area contributed by atoms with Crippen molar-refractivity contribution in [3.63, 3.8) is 0 Å². The molecule has 0 saturated heterocycles. The standard InChI is InChI=1S/C15H16ClNS/c1-10-3-4-11(2)15(7-10)18-14-6-5-13(16)8-12(14)9-17/h3-8H,9,17H2,1-2H3. The van der Waals surface area contributed by atoms with Crippen molar-refractivity contribution >= 4 is 23.4 Å². The number of nitrogens with two attached hydrogens (primary N) is 1. The highest BCUT2D eigenvalue weighted by Crippen LogP contribution is 2.34. The van der Waals surface area contributed by atoms with Gasteiger partial charge in [0.1, 0.15) is 0 Å². The van der Waals surface area contributed by atoms with Gasteiger partial charge in [0, 0.05) is 21.4 Å². The van der Waals surface area contributed by atoms with Crippen LogP contribution in [0.5, 0.6) is 0 Å². The van der Waals surface area contributed by atoms with E-state index >= 15 is 0 Å². The zero-order chi connectivity index (χ0) is 13.1. The summed E-state index contributed by atoms with van der Waals surface area (Å²) in [6.07, 6.45) is 0. The lowest BCUT2D eigenvalue weighted by molar-refractivity contribution is 1.03. The first kappa shape index (κ1) is 13.5. The topological polar surface area (TPSA) is 26.0 Å². The number of hydrogen-bond donors (Lipinski definition) is 1. The second-order valence-electron chi connectivity index (χ2n) is 4.33. The quantitative estimate of drug-likeness (QED) is 0.890. The SMILES string of the molecule is Cc1ccc(C)c(Sc2ccc(Cl)cc2CN)c1. The van der Waals surface area contributed by atoms with Crippen LogP contribution in [0, 0.1) is 13.8 Å². The molecule has 0 radical (unpaired) electrons. The Morgan fingerprint density at radius 2 is 1.83 bits per heavy atom. The van der Waals surface area contributed by atoms with Crippen LogP contribution in [-0.2, 0) is 6.54 Å². The molecular formula is C15H16ClNS. The number of rotatable bonds is 3. The fourth-order valence-corrected chi connectivity index (χ4v) is 3.06. The normalized spacial score (nSPS) is 10.7. The summed E-state index contributed by atoms with van der Waals surface area (Å²) in [6.45, 7) is 4.74. The van der Waals surface area contributed by atoms with Gasteiger partial charge in [-0.25, -0.2) is 0 Å². The third kappa shape index (κ3) is 3.08.